The molecule has 0 aromatic heterocycles. The van der Waals surface area contributed by atoms with Crippen LogP contribution in [-0.4, -0.2) is 32.2 Å². The smallest absolute Gasteiger partial charge is 0.321 e. The van der Waals surface area contributed by atoms with E-state index in [0.717, 1.165) is 5.56 Å². The number of nitrogens with two attached hydrogens (primary N) is 1. The Morgan fingerprint density at radius 1 is 1.43 bits per heavy atom. The fourth-order valence-corrected chi connectivity index (χ4v) is 2.09. The van der Waals surface area contributed by atoms with Gasteiger partial charge in [0.1, 0.15) is 0 Å². The first kappa shape index (κ1) is 17.3. The van der Waals surface area contributed by atoms with Crippen molar-refractivity contribution in [2.45, 2.75) is 19.6 Å². The lowest BCUT2D eigenvalue weighted by Crippen LogP contribution is -2.44. The lowest BCUT2D eigenvalue weighted by molar-refractivity contribution is -0.126. The molecule has 8 heteroatoms. The third kappa shape index (κ3) is 4.61. The molecule has 0 heterocycles. The molecule has 0 saturated carbocycles. The number of benzene rings is 1. The molecule has 0 spiro atoms. The Morgan fingerprint density at radius 3 is 2.62 bits per heavy atom. The van der Waals surface area contributed by atoms with E-state index < -0.39 is 18.0 Å². The molecule has 21 heavy (non-hydrogen) atoms. The van der Waals surface area contributed by atoms with Gasteiger partial charge in [-0.1, -0.05) is 0 Å². The van der Waals surface area contributed by atoms with E-state index in [4.69, 9.17) is 15.2 Å². The molecule has 1 aromatic rings. The number of nitrogens with one attached hydrogen (secondary N) is 2. The van der Waals surface area contributed by atoms with Gasteiger partial charge >= 0.3 is 6.03 Å². The lowest BCUT2D eigenvalue weighted by Gasteiger charge is -2.18. The van der Waals surface area contributed by atoms with Crippen molar-refractivity contribution < 1.29 is 19.1 Å². The zero-order valence-corrected chi connectivity index (χ0v) is 13.6. The molecular formula is C13H18BrN3O4. The molecule has 116 valence electrons. The van der Waals surface area contributed by atoms with E-state index in [-0.39, 0.29) is 0 Å². The molecule has 0 aliphatic heterocycles. The highest BCUT2D eigenvalue weighted by molar-refractivity contribution is 9.10. The molecule has 1 atom stereocenters. The Morgan fingerprint density at radius 2 is 2.10 bits per heavy atom. The van der Waals surface area contributed by atoms with Gasteiger partial charge in [0, 0.05) is 13.6 Å². The maximum atomic E-state index is 11.8. The third-order valence-corrected chi connectivity index (χ3v) is 3.24. The minimum absolute atomic E-state index is 0.349. The van der Waals surface area contributed by atoms with Crippen LogP contribution >= 0.6 is 15.9 Å². The maximum Gasteiger partial charge on any atom is 0.321 e. The minimum Gasteiger partial charge on any atom is -0.493 e. The number of rotatable bonds is 5. The fraction of sp³-hybridized carbons (Fsp3) is 0.385. The number of urea groups is 1. The van der Waals surface area contributed by atoms with Crippen LogP contribution in [0.1, 0.15) is 12.5 Å². The summed E-state index contributed by atoms with van der Waals surface area (Å²) in [5.41, 5.74) is 6.44. The average molecular weight is 360 g/mol. The summed E-state index contributed by atoms with van der Waals surface area (Å²) in [6, 6.07) is 2.91. The Balaban J connectivity index is 2.91. The largest absolute Gasteiger partial charge is 0.493 e. The van der Waals surface area contributed by atoms with Gasteiger partial charge in [0.25, 0.3) is 5.91 Å². The van der Waals surface area contributed by atoms with Gasteiger partial charge in [-0.05, 0) is 40.5 Å². The van der Waals surface area contributed by atoms with E-state index in [0.29, 0.717) is 22.5 Å². The van der Waals surface area contributed by atoms with Crippen LogP contribution in [0.3, 0.4) is 0 Å². The number of carbonyl (C=O) groups is 2. The van der Waals surface area contributed by atoms with Crippen molar-refractivity contribution >= 4 is 27.9 Å². The number of ether oxygens (including phenoxy) is 2. The van der Waals surface area contributed by atoms with Gasteiger partial charge < -0.3 is 20.5 Å². The van der Waals surface area contributed by atoms with Crippen LogP contribution in [0.25, 0.3) is 0 Å². The molecule has 4 N–H and O–H groups in total. The van der Waals surface area contributed by atoms with Gasteiger partial charge in [0.15, 0.2) is 17.6 Å². The van der Waals surface area contributed by atoms with Gasteiger partial charge in [-0.2, -0.15) is 0 Å². The second kappa shape index (κ2) is 7.84. The monoisotopic (exact) mass is 359 g/mol. The zero-order chi connectivity index (χ0) is 16.0. The minimum atomic E-state index is -0.878. The summed E-state index contributed by atoms with van der Waals surface area (Å²) in [6.07, 6.45) is -0.878. The van der Waals surface area contributed by atoms with Gasteiger partial charge in [-0.15, -0.1) is 0 Å². The summed E-state index contributed by atoms with van der Waals surface area (Å²) in [7, 11) is 2.91. The number of hydrogen-bond donors (Lipinski definition) is 3. The van der Waals surface area contributed by atoms with E-state index in [1.54, 1.807) is 12.1 Å². The lowest BCUT2D eigenvalue weighted by atomic mass is 10.2. The maximum absolute atomic E-state index is 11.8. The van der Waals surface area contributed by atoms with Crippen molar-refractivity contribution in [3.63, 3.8) is 0 Å². The molecular weight excluding hydrogens is 342 g/mol. The molecule has 7 nitrogen and oxygen atoms in total. The normalized spacial score (nSPS) is 11.5. The Labute approximate surface area is 131 Å². The number of carbonyl (C=O) groups excluding carboxylic acids is 2. The average Bonchev–Trinajstić information content (AvgIpc) is 2.48. The van der Waals surface area contributed by atoms with E-state index in [9.17, 15) is 9.59 Å². The van der Waals surface area contributed by atoms with Gasteiger partial charge in [0.2, 0.25) is 0 Å². The summed E-state index contributed by atoms with van der Waals surface area (Å²) in [4.78, 5) is 22.9. The summed E-state index contributed by atoms with van der Waals surface area (Å²) in [6.45, 7) is 1.88. The Hall–Kier alpha value is -1.80. The molecule has 0 bridgehead atoms. The molecule has 1 rings (SSSR count). The summed E-state index contributed by atoms with van der Waals surface area (Å²) in [5, 5.41) is 4.43. The summed E-state index contributed by atoms with van der Waals surface area (Å²) >= 11 is 3.35. The summed E-state index contributed by atoms with van der Waals surface area (Å²) in [5.74, 6) is 0.255. The van der Waals surface area contributed by atoms with Crippen LogP contribution in [0.5, 0.6) is 11.5 Å². The molecule has 0 fully saturated rings. The molecule has 3 amide bonds. The van der Waals surface area contributed by atoms with Crippen molar-refractivity contribution in [2.24, 2.45) is 5.73 Å². The van der Waals surface area contributed by atoms with Crippen LogP contribution in [0.2, 0.25) is 0 Å². The van der Waals surface area contributed by atoms with E-state index in [1.165, 1.54) is 21.1 Å². The Bertz CT molecular complexity index is 536. The number of halogens is 1. The molecule has 1 aromatic carbocycles. The SMILES string of the molecule is CNC(=O)NC(=O)C(C)Oc1c(Br)cc(CN)cc1OC. The van der Waals surface area contributed by atoms with Crippen LogP contribution in [0.4, 0.5) is 4.79 Å². The standard InChI is InChI=1S/C13H18BrN3O4/c1-7(12(18)17-13(19)16-2)21-11-9(14)4-8(6-15)5-10(11)20-3/h4-5,7H,6,15H2,1-3H3,(H2,16,17,18,19). The predicted molar refractivity (Wildman–Crippen MR) is 81.3 cm³/mol. The number of amides is 3. The first-order valence-electron chi connectivity index (χ1n) is 6.18. The molecule has 1 unspecified atom stereocenters. The third-order valence-electron chi connectivity index (χ3n) is 2.65. The molecule has 0 saturated heterocycles. The van der Waals surface area contributed by atoms with E-state index in [2.05, 4.69) is 26.6 Å². The second-order valence-electron chi connectivity index (χ2n) is 4.14. The highest BCUT2D eigenvalue weighted by Crippen LogP contribution is 2.37. The summed E-state index contributed by atoms with van der Waals surface area (Å²) < 4.78 is 11.4. The van der Waals surface area contributed by atoms with Crippen LogP contribution in [-0.2, 0) is 11.3 Å². The number of hydrogen-bond acceptors (Lipinski definition) is 5. The highest BCUT2D eigenvalue weighted by Gasteiger charge is 2.20. The molecule has 0 aliphatic carbocycles. The predicted octanol–water partition coefficient (Wildman–Crippen LogP) is 1.14. The number of methoxy groups -OCH3 is 1. The van der Waals surface area contributed by atoms with Crippen molar-refractivity contribution in [3.8, 4) is 11.5 Å². The van der Waals surface area contributed by atoms with Gasteiger partial charge in [-0.3, -0.25) is 10.1 Å². The van der Waals surface area contributed by atoms with Crippen molar-refractivity contribution in [1.82, 2.24) is 10.6 Å². The van der Waals surface area contributed by atoms with Crippen molar-refractivity contribution in [2.75, 3.05) is 14.2 Å². The quantitative estimate of drug-likeness (QED) is 0.731. The van der Waals surface area contributed by atoms with E-state index in [1.807, 2.05) is 0 Å². The second-order valence-corrected chi connectivity index (χ2v) is 5.00. The Kier molecular flexibility index (Phi) is 6.44. The first-order valence-corrected chi connectivity index (χ1v) is 6.97. The molecule has 0 aliphatic rings. The highest BCUT2D eigenvalue weighted by atomic mass is 79.9. The van der Waals surface area contributed by atoms with Crippen molar-refractivity contribution in [3.05, 3.63) is 22.2 Å². The van der Waals surface area contributed by atoms with Crippen LogP contribution in [0, 0.1) is 0 Å². The molecule has 0 radical (unpaired) electrons. The van der Waals surface area contributed by atoms with Gasteiger partial charge in [-0.25, -0.2) is 4.79 Å². The topological polar surface area (TPSA) is 103 Å². The number of imide groups is 1. The van der Waals surface area contributed by atoms with Crippen LogP contribution in [0.15, 0.2) is 16.6 Å². The van der Waals surface area contributed by atoms with Gasteiger partial charge in [0.05, 0.1) is 11.6 Å². The zero-order valence-electron chi connectivity index (χ0n) is 12.0. The van der Waals surface area contributed by atoms with Crippen molar-refractivity contribution in [1.29, 1.82) is 0 Å². The van der Waals surface area contributed by atoms with E-state index >= 15 is 0 Å². The fourth-order valence-electron chi connectivity index (χ4n) is 1.51. The first-order chi connectivity index (χ1) is 9.92. The van der Waals surface area contributed by atoms with Crippen LogP contribution < -0.4 is 25.8 Å².